The Hall–Kier alpha value is -2.99. The molecule has 5 heteroatoms. The number of ketones is 1. The lowest BCUT2D eigenvalue weighted by Gasteiger charge is -2.50. The maximum atomic E-state index is 12.8. The SMILES string of the molecule is COc1cc(P)c(-c2c(C(C)C)cc(C(C)C)cc2C(C)C)cc1C.COc1cc(P2C(C)(C)CC(=O)CC2(C)C)c(-c2c(C(C)C)cc(C(C)C)cc2C(C)C)cc1C. The van der Waals surface area contributed by atoms with Gasteiger partial charge in [0.05, 0.1) is 14.2 Å². The molecule has 328 valence electrons. The third-order valence-corrected chi connectivity index (χ3v) is 16.7. The lowest BCUT2D eigenvalue weighted by molar-refractivity contribution is -0.120. The van der Waals surface area contributed by atoms with Gasteiger partial charge in [-0.2, -0.15) is 0 Å². The molecule has 0 aromatic heterocycles. The minimum atomic E-state index is -0.643. The van der Waals surface area contributed by atoms with E-state index in [1.54, 1.807) is 14.2 Å². The second-order valence-electron chi connectivity index (χ2n) is 20.7. The first-order valence-electron chi connectivity index (χ1n) is 22.6. The first-order chi connectivity index (χ1) is 27.8. The average Bonchev–Trinajstić information content (AvgIpc) is 3.13. The molecule has 0 spiro atoms. The van der Waals surface area contributed by atoms with Crippen LogP contribution in [-0.2, 0) is 4.79 Å². The number of methoxy groups -OCH3 is 2. The second-order valence-corrected chi connectivity index (χ2v) is 24.9. The van der Waals surface area contributed by atoms with Crippen molar-refractivity contribution >= 4 is 33.6 Å². The molecular weight excluding hydrogens is 771 g/mol. The van der Waals surface area contributed by atoms with E-state index in [9.17, 15) is 4.79 Å². The summed E-state index contributed by atoms with van der Waals surface area (Å²) in [7, 11) is 5.78. The molecule has 1 saturated heterocycles. The predicted molar refractivity (Wildman–Crippen MR) is 269 cm³/mol. The average molecular weight is 851 g/mol. The molecule has 1 aliphatic rings. The zero-order valence-corrected chi connectivity index (χ0v) is 43.3. The predicted octanol–water partition coefficient (Wildman–Crippen LogP) is 15.6. The van der Waals surface area contributed by atoms with Crippen LogP contribution in [0.1, 0.15) is 204 Å². The Labute approximate surface area is 370 Å². The number of Topliss-reactive ketones (excluding diaryl/α,β-unsaturated/α-hetero) is 1. The van der Waals surface area contributed by atoms with E-state index in [0.29, 0.717) is 54.1 Å². The van der Waals surface area contributed by atoms with Crippen molar-refractivity contribution in [3.63, 3.8) is 0 Å². The van der Waals surface area contributed by atoms with Crippen LogP contribution in [0.15, 0.2) is 48.5 Å². The molecule has 3 nitrogen and oxygen atoms in total. The summed E-state index contributed by atoms with van der Waals surface area (Å²) in [6, 6.07) is 18.9. The molecule has 60 heavy (non-hydrogen) atoms. The molecule has 5 rings (SSSR count). The van der Waals surface area contributed by atoms with Crippen molar-refractivity contribution in [3.8, 4) is 33.8 Å². The highest BCUT2D eigenvalue weighted by Gasteiger charge is 2.48. The van der Waals surface area contributed by atoms with E-state index in [-0.39, 0.29) is 10.3 Å². The molecule has 1 fully saturated rings. The Kier molecular flexibility index (Phi) is 16.2. The normalized spacial score (nSPS) is 15.4. The first-order valence-corrected chi connectivity index (χ1v) is 24.5. The van der Waals surface area contributed by atoms with Crippen molar-refractivity contribution in [2.75, 3.05) is 14.2 Å². The highest BCUT2D eigenvalue weighted by molar-refractivity contribution is 7.69. The van der Waals surface area contributed by atoms with Gasteiger partial charge in [0.25, 0.3) is 0 Å². The number of carbonyl (C=O) groups excluding carboxylic acids is 1. The number of rotatable bonds is 11. The lowest BCUT2D eigenvalue weighted by Crippen LogP contribution is -2.43. The van der Waals surface area contributed by atoms with Gasteiger partial charge in [-0.25, -0.2) is 0 Å². The molecule has 1 atom stereocenters. The third kappa shape index (κ3) is 10.6. The zero-order valence-electron chi connectivity index (χ0n) is 41.2. The molecule has 0 N–H and O–H groups in total. The van der Waals surface area contributed by atoms with Crippen LogP contribution in [0, 0.1) is 13.8 Å². The molecule has 4 aromatic carbocycles. The van der Waals surface area contributed by atoms with Crippen molar-refractivity contribution in [3.05, 3.63) is 93.0 Å². The standard InChI is InChI=1S/C32H47O2P.C23H33OP/c1-19(2)23-14-25(20(3)4)30(26(15-23)21(5)6)27-13-22(7)28(34-12)16-29(27)35-31(8,9)17-24(33)18-32(35,10)11;1-13(2)17-10-18(14(3)4)23(19(11-17)15(5)6)20-9-16(7)21(24-8)12-22(20)25/h13-16,19-21H,17-18H2,1-12H3;9-15H,25H2,1-8H3. The Balaban J connectivity index is 0.000000280. The van der Waals surface area contributed by atoms with Crippen molar-refractivity contribution in [2.45, 2.75) is 183 Å². The van der Waals surface area contributed by atoms with Crippen molar-refractivity contribution in [1.82, 2.24) is 0 Å². The van der Waals surface area contributed by atoms with Crippen LogP contribution < -0.4 is 20.1 Å². The Bertz CT molecular complexity index is 2090. The molecule has 0 aliphatic carbocycles. The van der Waals surface area contributed by atoms with Crippen molar-refractivity contribution in [1.29, 1.82) is 0 Å². The number of benzene rings is 4. The summed E-state index contributed by atoms with van der Waals surface area (Å²) in [4.78, 5) is 12.8. The van der Waals surface area contributed by atoms with Crippen LogP contribution >= 0.6 is 17.2 Å². The topological polar surface area (TPSA) is 35.5 Å². The molecule has 0 bridgehead atoms. The smallest absolute Gasteiger partial charge is 0.134 e. The molecule has 0 radical (unpaired) electrons. The van der Waals surface area contributed by atoms with Gasteiger partial charge in [0, 0.05) is 12.8 Å². The van der Waals surface area contributed by atoms with E-state index >= 15 is 0 Å². The van der Waals surface area contributed by atoms with Gasteiger partial charge in [0.2, 0.25) is 0 Å². The third-order valence-electron chi connectivity index (χ3n) is 12.6. The van der Waals surface area contributed by atoms with Crippen LogP contribution in [0.4, 0.5) is 0 Å². The number of hydrogen-bond acceptors (Lipinski definition) is 3. The number of aryl methyl sites for hydroxylation is 2. The second kappa shape index (κ2) is 19.6. The zero-order chi connectivity index (χ0) is 45.3. The number of hydrogen-bond donors (Lipinski definition) is 0. The van der Waals surface area contributed by atoms with Crippen molar-refractivity contribution < 1.29 is 14.3 Å². The van der Waals surface area contributed by atoms with Gasteiger partial charge in [-0.1, -0.05) is 143 Å². The van der Waals surface area contributed by atoms with E-state index in [4.69, 9.17) is 9.47 Å². The molecule has 4 aromatic rings. The summed E-state index contributed by atoms with van der Waals surface area (Å²) in [5.74, 6) is 5.12. The summed E-state index contributed by atoms with van der Waals surface area (Å²) >= 11 is 0. The fourth-order valence-electron chi connectivity index (χ4n) is 9.61. The Morgan fingerprint density at radius 2 is 0.850 bits per heavy atom. The largest absolute Gasteiger partial charge is 0.496 e. The molecule has 0 amide bonds. The maximum Gasteiger partial charge on any atom is 0.134 e. The van der Waals surface area contributed by atoms with Gasteiger partial charge in [-0.3, -0.25) is 4.79 Å². The van der Waals surface area contributed by atoms with Gasteiger partial charge < -0.3 is 9.47 Å². The summed E-state index contributed by atoms with van der Waals surface area (Å²) in [5.41, 5.74) is 16.5. The van der Waals surface area contributed by atoms with Crippen LogP contribution in [0.5, 0.6) is 11.5 Å². The minimum Gasteiger partial charge on any atom is -0.496 e. The van der Waals surface area contributed by atoms with Crippen molar-refractivity contribution in [2.24, 2.45) is 0 Å². The molecule has 1 heterocycles. The van der Waals surface area contributed by atoms with Crippen LogP contribution in [0.25, 0.3) is 22.3 Å². The first kappa shape index (κ1) is 49.7. The van der Waals surface area contributed by atoms with Gasteiger partial charge >= 0.3 is 0 Å². The summed E-state index contributed by atoms with van der Waals surface area (Å²) in [6.45, 7) is 41.1. The number of carbonyl (C=O) groups is 1. The van der Waals surface area contributed by atoms with Gasteiger partial charge in [-0.05, 0) is 161 Å². The van der Waals surface area contributed by atoms with E-state index in [1.807, 2.05) is 0 Å². The van der Waals surface area contributed by atoms with Gasteiger partial charge in [0.15, 0.2) is 0 Å². The monoisotopic (exact) mass is 851 g/mol. The highest BCUT2D eigenvalue weighted by atomic mass is 31.1. The van der Waals surface area contributed by atoms with E-state index in [2.05, 4.69) is 182 Å². The highest BCUT2D eigenvalue weighted by Crippen LogP contribution is 2.65. The summed E-state index contributed by atoms with van der Waals surface area (Å²) < 4.78 is 11.4. The van der Waals surface area contributed by atoms with Crippen LogP contribution in [-0.4, -0.2) is 30.3 Å². The molecule has 0 saturated carbocycles. The minimum absolute atomic E-state index is 0.0724. The molecular formula is C55H80O3P2. The van der Waals surface area contributed by atoms with Crippen LogP contribution in [0.2, 0.25) is 0 Å². The fraction of sp³-hybridized carbons (Fsp3) is 0.545. The van der Waals surface area contributed by atoms with Crippen LogP contribution in [0.3, 0.4) is 0 Å². The Morgan fingerprint density at radius 1 is 0.517 bits per heavy atom. The van der Waals surface area contributed by atoms with E-state index in [1.165, 1.54) is 77.4 Å². The fourth-order valence-corrected chi connectivity index (χ4v) is 14.3. The van der Waals surface area contributed by atoms with E-state index in [0.717, 1.165) is 11.5 Å². The van der Waals surface area contributed by atoms with E-state index < -0.39 is 7.92 Å². The molecule has 1 aliphatic heterocycles. The number of ether oxygens (including phenoxy) is 2. The molecule has 1 unspecified atom stereocenters. The Morgan fingerprint density at radius 3 is 1.18 bits per heavy atom. The lowest BCUT2D eigenvalue weighted by atomic mass is 9.81. The van der Waals surface area contributed by atoms with Gasteiger partial charge in [0.1, 0.15) is 17.3 Å². The quantitative estimate of drug-likeness (QED) is 0.141. The summed E-state index contributed by atoms with van der Waals surface area (Å²) in [5, 5.41) is 2.45. The maximum absolute atomic E-state index is 12.8. The van der Waals surface area contributed by atoms with Gasteiger partial charge in [-0.15, -0.1) is 9.24 Å². The summed E-state index contributed by atoms with van der Waals surface area (Å²) in [6.07, 6.45) is 1.30.